The number of hydrogen-bond donors (Lipinski definition) is 1. The van der Waals surface area contributed by atoms with Crippen molar-refractivity contribution >= 4 is 11.8 Å². The highest BCUT2D eigenvalue weighted by Gasteiger charge is 2.14. The minimum absolute atomic E-state index is 0.457. The minimum atomic E-state index is 0.457. The number of benzene rings is 2. The zero-order valence-corrected chi connectivity index (χ0v) is 19.7. The topological polar surface area (TPSA) is 15.3 Å². The summed E-state index contributed by atoms with van der Waals surface area (Å²) in [5.74, 6) is 1.13. The third-order valence-corrected chi connectivity index (χ3v) is 6.31. The molecule has 2 aromatic carbocycles. The van der Waals surface area contributed by atoms with E-state index in [1.54, 1.807) is 0 Å². The lowest BCUT2D eigenvalue weighted by atomic mass is 10.0. The maximum Gasteiger partial charge on any atom is 0.0331 e. The highest BCUT2D eigenvalue weighted by molar-refractivity contribution is 7.99. The van der Waals surface area contributed by atoms with Gasteiger partial charge < -0.3 is 10.2 Å². The Morgan fingerprint density at radius 3 is 2.41 bits per heavy atom. The Hall–Kier alpha value is -1.29. The van der Waals surface area contributed by atoms with Gasteiger partial charge in [-0.1, -0.05) is 69.2 Å². The van der Waals surface area contributed by atoms with E-state index in [4.69, 9.17) is 0 Å². The molecule has 0 bridgehead atoms. The molecule has 29 heavy (non-hydrogen) atoms. The van der Waals surface area contributed by atoms with Crippen molar-refractivity contribution in [2.24, 2.45) is 0 Å². The van der Waals surface area contributed by atoms with Crippen molar-refractivity contribution in [1.29, 1.82) is 0 Å². The average molecular weight is 413 g/mol. The SMILES string of the molecule is CCCc1cccc(CCSc2ccccc2C(CCC)NCCCN(C)C)c1. The van der Waals surface area contributed by atoms with Gasteiger partial charge in [-0.3, -0.25) is 0 Å². The van der Waals surface area contributed by atoms with Crippen molar-refractivity contribution in [3.8, 4) is 0 Å². The number of nitrogens with one attached hydrogen (secondary N) is 1. The van der Waals surface area contributed by atoms with E-state index in [0.717, 1.165) is 25.3 Å². The summed E-state index contributed by atoms with van der Waals surface area (Å²) in [6, 6.07) is 18.6. The Kier molecular flexibility index (Phi) is 11.5. The molecular formula is C26H40N2S. The fourth-order valence-electron chi connectivity index (χ4n) is 3.74. The molecule has 1 atom stereocenters. The van der Waals surface area contributed by atoms with Crippen LogP contribution in [0.5, 0.6) is 0 Å². The Labute approximate surface area is 183 Å². The van der Waals surface area contributed by atoms with Gasteiger partial charge in [-0.2, -0.15) is 0 Å². The van der Waals surface area contributed by atoms with Gasteiger partial charge >= 0.3 is 0 Å². The number of aryl methyl sites for hydroxylation is 2. The molecule has 1 N–H and O–H groups in total. The largest absolute Gasteiger partial charge is 0.310 e. The van der Waals surface area contributed by atoms with Crippen LogP contribution in [0.25, 0.3) is 0 Å². The summed E-state index contributed by atoms with van der Waals surface area (Å²) in [4.78, 5) is 3.70. The van der Waals surface area contributed by atoms with E-state index in [-0.39, 0.29) is 0 Å². The van der Waals surface area contributed by atoms with Crippen LogP contribution in [0.15, 0.2) is 53.4 Å². The van der Waals surface area contributed by atoms with Gasteiger partial charge in [0.15, 0.2) is 0 Å². The molecule has 0 heterocycles. The van der Waals surface area contributed by atoms with E-state index in [9.17, 15) is 0 Å². The van der Waals surface area contributed by atoms with E-state index in [1.165, 1.54) is 53.7 Å². The fraction of sp³-hybridized carbons (Fsp3) is 0.538. The van der Waals surface area contributed by atoms with Crippen LogP contribution in [0, 0.1) is 0 Å². The first-order valence-corrected chi connectivity index (χ1v) is 12.3. The third-order valence-electron chi connectivity index (χ3n) is 5.22. The molecule has 0 fully saturated rings. The van der Waals surface area contributed by atoms with Gasteiger partial charge in [-0.05, 0) is 75.6 Å². The summed E-state index contributed by atoms with van der Waals surface area (Å²) < 4.78 is 0. The van der Waals surface area contributed by atoms with E-state index in [2.05, 4.69) is 86.7 Å². The third kappa shape index (κ3) is 8.94. The zero-order valence-electron chi connectivity index (χ0n) is 18.9. The first-order valence-electron chi connectivity index (χ1n) is 11.3. The second kappa shape index (κ2) is 13.8. The van der Waals surface area contributed by atoms with Crippen LogP contribution in [-0.4, -0.2) is 37.8 Å². The van der Waals surface area contributed by atoms with Crippen molar-refractivity contribution in [2.75, 3.05) is 32.9 Å². The Morgan fingerprint density at radius 2 is 1.69 bits per heavy atom. The van der Waals surface area contributed by atoms with Gasteiger partial charge in [0.25, 0.3) is 0 Å². The van der Waals surface area contributed by atoms with Crippen LogP contribution in [0.1, 0.15) is 62.3 Å². The summed E-state index contributed by atoms with van der Waals surface area (Å²) in [7, 11) is 4.29. The van der Waals surface area contributed by atoms with Gasteiger partial charge in [0.1, 0.15) is 0 Å². The van der Waals surface area contributed by atoms with Crippen molar-refractivity contribution in [3.63, 3.8) is 0 Å². The summed E-state index contributed by atoms with van der Waals surface area (Å²) in [5, 5.41) is 3.82. The molecule has 2 rings (SSSR count). The van der Waals surface area contributed by atoms with Gasteiger partial charge in [0.05, 0.1) is 0 Å². The van der Waals surface area contributed by atoms with Crippen LogP contribution in [0.3, 0.4) is 0 Å². The van der Waals surface area contributed by atoms with Crippen LogP contribution in [-0.2, 0) is 12.8 Å². The first kappa shape index (κ1) is 24.0. The number of rotatable bonds is 14. The normalized spacial score (nSPS) is 12.4. The molecule has 0 spiro atoms. The van der Waals surface area contributed by atoms with Crippen LogP contribution < -0.4 is 5.32 Å². The second-order valence-corrected chi connectivity index (χ2v) is 9.30. The van der Waals surface area contributed by atoms with E-state index < -0.39 is 0 Å². The average Bonchev–Trinajstić information content (AvgIpc) is 2.71. The molecule has 1 unspecified atom stereocenters. The lowest BCUT2D eigenvalue weighted by Gasteiger charge is -2.22. The quantitative estimate of drug-likeness (QED) is 0.287. The van der Waals surface area contributed by atoms with E-state index >= 15 is 0 Å². The molecule has 0 aromatic heterocycles. The molecule has 0 aliphatic rings. The molecule has 0 saturated heterocycles. The number of hydrogen-bond acceptors (Lipinski definition) is 3. The standard InChI is InChI=1S/C26H40N2S/c1-5-11-22-13-9-14-23(21-22)17-20-29-26-16-8-7-15-24(26)25(12-6-2)27-18-10-19-28(3)4/h7-9,13-16,21,25,27H,5-6,10-12,17-20H2,1-4H3. The predicted molar refractivity (Wildman–Crippen MR) is 130 cm³/mol. The van der Waals surface area contributed by atoms with E-state index in [1.807, 2.05) is 11.8 Å². The van der Waals surface area contributed by atoms with Crippen LogP contribution in [0.2, 0.25) is 0 Å². The highest BCUT2D eigenvalue weighted by Crippen LogP contribution is 2.30. The number of nitrogens with zero attached hydrogens (tertiary/aromatic N) is 1. The molecule has 160 valence electrons. The predicted octanol–water partition coefficient (Wildman–Crippen LogP) is 6.36. The van der Waals surface area contributed by atoms with Crippen molar-refractivity contribution in [3.05, 3.63) is 65.2 Å². The molecular weight excluding hydrogens is 372 g/mol. The lowest BCUT2D eigenvalue weighted by Crippen LogP contribution is -2.25. The molecule has 2 nitrogen and oxygen atoms in total. The molecule has 0 amide bonds. The highest BCUT2D eigenvalue weighted by atomic mass is 32.2. The smallest absolute Gasteiger partial charge is 0.0331 e. The van der Waals surface area contributed by atoms with E-state index in [0.29, 0.717) is 6.04 Å². The molecule has 0 aliphatic carbocycles. The number of thioether (sulfide) groups is 1. The zero-order chi connectivity index (χ0) is 20.9. The van der Waals surface area contributed by atoms with Gasteiger partial charge in [-0.25, -0.2) is 0 Å². The van der Waals surface area contributed by atoms with Crippen molar-refractivity contribution in [1.82, 2.24) is 10.2 Å². The summed E-state index contributed by atoms with van der Waals surface area (Å²) in [5.41, 5.74) is 4.41. The minimum Gasteiger partial charge on any atom is -0.310 e. The summed E-state index contributed by atoms with van der Waals surface area (Å²) in [6.45, 7) is 6.75. The molecule has 0 saturated carbocycles. The summed E-state index contributed by atoms with van der Waals surface area (Å²) >= 11 is 2.01. The molecule has 2 aromatic rings. The lowest BCUT2D eigenvalue weighted by molar-refractivity contribution is 0.382. The van der Waals surface area contributed by atoms with Gasteiger partial charge in [-0.15, -0.1) is 11.8 Å². The van der Waals surface area contributed by atoms with Crippen LogP contribution in [0.4, 0.5) is 0 Å². The Balaban J connectivity index is 1.95. The molecule has 0 aliphatic heterocycles. The monoisotopic (exact) mass is 412 g/mol. The maximum atomic E-state index is 3.82. The van der Waals surface area contributed by atoms with Crippen molar-refractivity contribution < 1.29 is 0 Å². The Bertz CT molecular complexity index is 699. The summed E-state index contributed by atoms with van der Waals surface area (Å²) in [6.07, 6.45) is 7.11. The maximum absolute atomic E-state index is 3.82. The van der Waals surface area contributed by atoms with Crippen molar-refractivity contribution in [2.45, 2.75) is 63.3 Å². The van der Waals surface area contributed by atoms with Crippen LogP contribution >= 0.6 is 11.8 Å². The molecule has 0 radical (unpaired) electrons. The first-order chi connectivity index (χ1) is 14.1. The fourth-order valence-corrected chi connectivity index (χ4v) is 4.85. The second-order valence-electron chi connectivity index (χ2n) is 8.16. The van der Waals surface area contributed by atoms with Gasteiger partial charge in [0, 0.05) is 16.7 Å². The Morgan fingerprint density at radius 1 is 0.931 bits per heavy atom. The molecule has 3 heteroatoms. The van der Waals surface area contributed by atoms with Gasteiger partial charge in [0.2, 0.25) is 0 Å².